The standard InChI is InChI=1S/C17H21ClN2O4/c1-5-20(11(2)3)17(21)15-9-13(24-19-15)10-23-16-7-6-12(22-4)8-14(16)18/h6-9,11H,5,10H2,1-4H3. The number of carbonyl (C=O) groups is 1. The third kappa shape index (κ3) is 4.20. The molecular formula is C17H21ClN2O4. The molecule has 130 valence electrons. The van der Waals surface area contributed by atoms with Gasteiger partial charge in [0.2, 0.25) is 0 Å². The van der Waals surface area contributed by atoms with Gasteiger partial charge in [-0.1, -0.05) is 16.8 Å². The number of ether oxygens (including phenoxy) is 2. The molecule has 1 heterocycles. The van der Waals surface area contributed by atoms with Gasteiger partial charge < -0.3 is 18.9 Å². The molecule has 0 aliphatic rings. The lowest BCUT2D eigenvalue weighted by molar-refractivity contribution is 0.0706. The first kappa shape index (κ1) is 18.1. The van der Waals surface area contributed by atoms with Crippen LogP contribution in [0.1, 0.15) is 37.0 Å². The summed E-state index contributed by atoms with van der Waals surface area (Å²) in [4.78, 5) is 14.1. The van der Waals surface area contributed by atoms with Crippen molar-refractivity contribution in [1.82, 2.24) is 10.1 Å². The van der Waals surface area contributed by atoms with Crippen molar-refractivity contribution < 1.29 is 18.8 Å². The molecule has 1 aromatic carbocycles. The summed E-state index contributed by atoms with van der Waals surface area (Å²) in [6.07, 6.45) is 0. The van der Waals surface area contributed by atoms with Crippen LogP contribution in [-0.2, 0) is 6.61 Å². The van der Waals surface area contributed by atoms with Gasteiger partial charge in [-0.15, -0.1) is 0 Å². The number of nitrogens with zero attached hydrogens (tertiary/aromatic N) is 2. The summed E-state index contributed by atoms with van der Waals surface area (Å²) in [5.41, 5.74) is 0.268. The topological polar surface area (TPSA) is 64.8 Å². The molecule has 0 saturated carbocycles. The zero-order valence-electron chi connectivity index (χ0n) is 14.2. The Morgan fingerprint density at radius 1 is 1.38 bits per heavy atom. The second kappa shape index (κ2) is 8.06. The molecule has 24 heavy (non-hydrogen) atoms. The van der Waals surface area contributed by atoms with E-state index in [1.54, 1.807) is 36.3 Å². The number of benzene rings is 1. The van der Waals surface area contributed by atoms with Gasteiger partial charge in [0, 0.05) is 24.7 Å². The van der Waals surface area contributed by atoms with Gasteiger partial charge in [-0.3, -0.25) is 4.79 Å². The SMILES string of the molecule is CCN(C(=O)c1cc(COc2ccc(OC)cc2Cl)on1)C(C)C. The molecule has 1 amide bonds. The summed E-state index contributed by atoms with van der Waals surface area (Å²) in [5, 5.41) is 4.26. The van der Waals surface area contributed by atoms with E-state index in [4.69, 9.17) is 25.6 Å². The molecule has 6 nitrogen and oxygen atoms in total. The van der Waals surface area contributed by atoms with Gasteiger partial charge in [0.05, 0.1) is 12.1 Å². The van der Waals surface area contributed by atoms with E-state index in [2.05, 4.69) is 5.16 Å². The highest BCUT2D eigenvalue weighted by Gasteiger charge is 2.21. The van der Waals surface area contributed by atoms with Gasteiger partial charge in [-0.25, -0.2) is 0 Å². The molecule has 0 aliphatic heterocycles. The summed E-state index contributed by atoms with van der Waals surface area (Å²) in [5.74, 6) is 1.43. The van der Waals surface area contributed by atoms with Gasteiger partial charge in [0.1, 0.15) is 18.1 Å². The predicted molar refractivity (Wildman–Crippen MR) is 90.7 cm³/mol. The van der Waals surface area contributed by atoms with Gasteiger partial charge >= 0.3 is 0 Å². The summed E-state index contributed by atoms with van der Waals surface area (Å²) in [6.45, 7) is 6.57. The first-order valence-electron chi connectivity index (χ1n) is 7.69. The van der Waals surface area contributed by atoms with E-state index in [9.17, 15) is 4.79 Å². The van der Waals surface area contributed by atoms with Crippen LogP contribution in [0.15, 0.2) is 28.8 Å². The van der Waals surface area contributed by atoms with Crippen molar-refractivity contribution in [2.45, 2.75) is 33.4 Å². The molecule has 0 unspecified atom stereocenters. The molecule has 0 N–H and O–H groups in total. The van der Waals surface area contributed by atoms with Crippen molar-refractivity contribution in [3.05, 3.63) is 40.7 Å². The van der Waals surface area contributed by atoms with E-state index in [0.29, 0.717) is 28.8 Å². The van der Waals surface area contributed by atoms with Crippen LogP contribution in [0.4, 0.5) is 0 Å². The van der Waals surface area contributed by atoms with E-state index in [-0.39, 0.29) is 24.2 Å². The monoisotopic (exact) mass is 352 g/mol. The highest BCUT2D eigenvalue weighted by molar-refractivity contribution is 6.32. The minimum Gasteiger partial charge on any atom is -0.497 e. The normalized spacial score (nSPS) is 10.8. The third-order valence-corrected chi connectivity index (χ3v) is 3.81. The van der Waals surface area contributed by atoms with E-state index in [1.807, 2.05) is 20.8 Å². The van der Waals surface area contributed by atoms with E-state index in [1.165, 1.54) is 0 Å². The van der Waals surface area contributed by atoms with Crippen molar-refractivity contribution in [1.29, 1.82) is 0 Å². The smallest absolute Gasteiger partial charge is 0.276 e. The molecular weight excluding hydrogens is 332 g/mol. The van der Waals surface area contributed by atoms with Gasteiger partial charge in [-0.2, -0.15) is 0 Å². The summed E-state index contributed by atoms with van der Waals surface area (Å²) in [7, 11) is 1.57. The Bertz CT molecular complexity index is 700. The van der Waals surface area contributed by atoms with Crippen LogP contribution in [-0.4, -0.2) is 35.7 Å². The second-order valence-electron chi connectivity index (χ2n) is 5.45. The zero-order chi connectivity index (χ0) is 17.7. The maximum atomic E-state index is 12.4. The van der Waals surface area contributed by atoms with Gasteiger partial charge in [-0.05, 0) is 32.9 Å². The summed E-state index contributed by atoms with van der Waals surface area (Å²) >= 11 is 6.11. The molecule has 0 fully saturated rings. The van der Waals surface area contributed by atoms with Crippen molar-refractivity contribution in [2.24, 2.45) is 0 Å². The number of rotatable bonds is 7. The highest BCUT2D eigenvalue weighted by Crippen LogP contribution is 2.29. The lowest BCUT2D eigenvalue weighted by Gasteiger charge is -2.23. The van der Waals surface area contributed by atoms with Crippen molar-refractivity contribution in [3.8, 4) is 11.5 Å². The minimum absolute atomic E-state index is 0.0944. The first-order valence-corrected chi connectivity index (χ1v) is 8.07. The van der Waals surface area contributed by atoms with Gasteiger partial charge in [0.15, 0.2) is 11.5 Å². The Hall–Kier alpha value is -2.21. The summed E-state index contributed by atoms with van der Waals surface area (Å²) < 4.78 is 15.9. The number of carbonyl (C=O) groups excluding carboxylic acids is 1. The highest BCUT2D eigenvalue weighted by atomic mass is 35.5. The average molecular weight is 353 g/mol. The van der Waals surface area contributed by atoms with E-state index < -0.39 is 0 Å². The molecule has 0 bridgehead atoms. The maximum absolute atomic E-state index is 12.4. The Morgan fingerprint density at radius 3 is 2.71 bits per heavy atom. The van der Waals surface area contributed by atoms with Crippen LogP contribution in [0.5, 0.6) is 11.5 Å². The second-order valence-corrected chi connectivity index (χ2v) is 5.86. The number of methoxy groups -OCH3 is 1. The number of aromatic nitrogens is 1. The third-order valence-electron chi connectivity index (χ3n) is 3.51. The van der Waals surface area contributed by atoms with E-state index in [0.717, 1.165) is 0 Å². The quantitative estimate of drug-likeness (QED) is 0.758. The molecule has 2 aromatic rings. The molecule has 0 atom stereocenters. The molecule has 7 heteroatoms. The van der Waals surface area contributed by atoms with Crippen molar-refractivity contribution in [3.63, 3.8) is 0 Å². The van der Waals surface area contributed by atoms with Crippen LogP contribution in [0.25, 0.3) is 0 Å². The molecule has 2 rings (SSSR count). The van der Waals surface area contributed by atoms with Gasteiger partial charge in [0.25, 0.3) is 5.91 Å². The zero-order valence-corrected chi connectivity index (χ0v) is 15.0. The molecule has 0 radical (unpaired) electrons. The predicted octanol–water partition coefficient (Wildman–Crippen LogP) is 3.79. The number of hydrogen-bond acceptors (Lipinski definition) is 5. The lowest BCUT2D eigenvalue weighted by Crippen LogP contribution is -2.36. The molecule has 0 spiro atoms. The van der Waals surface area contributed by atoms with Crippen LogP contribution in [0.2, 0.25) is 5.02 Å². The largest absolute Gasteiger partial charge is 0.497 e. The van der Waals surface area contributed by atoms with Crippen molar-refractivity contribution >= 4 is 17.5 Å². The summed E-state index contributed by atoms with van der Waals surface area (Å²) in [6, 6.07) is 6.80. The van der Waals surface area contributed by atoms with Crippen LogP contribution in [0.3, 0.4) is 0 Å². The fourth-order valence-corrected chi connectivity index (χ4v) is 2.47. The molecule has 1 aromatic heterocycles. The average Bonchev–Trinajstić information content (AvgIpc) is 3.02. The Balaban J connectivity index is 2.03. The molecule has 0 saturated heterocycles. The maximum Gasteiger partial charge on any atom is 0.276 e. The number of halogens is 1. The molecule has 0 aliphatic carbocycles. The number of amides is 1. The van der Waals surface area contributed by atoms with Crippen LogP contribution < -0.4 is 9.47 Å². The van der Waals surface area contributed by atoms with Crippen LogP contribution >= 0.6 is 11.6 Å². The first-order chi connectivity index (χ1) is 11.5. The Labute approximate surface area is 146 Å². The lowest BCUT2D eigenvalue weighted by atomic mass is 10.2. The fraction of sp³-hybridized carbons (Fsp3) is 0.412. The fourth-order valence-electron chi connectivity index (χ4n) is 2.25. The Kier molecular flexibility index (Phi) is 6.09. The van der Waals surface area contributed by atoms with Crippen molar-refractivity contribution in [2.75, 3.05) is 13.7 Å². The minimum atomic E-state index is -0.162. The Morgan fingerprint density at radius 2 is 2.12 bits per heavy atom. The van der Waals surface area contributed by atoms with Crippen LogP contribution in [0, 0.1) is 0 Å². The van der Waals surface area contributed by atoms with E-state index >= 15 is 0 Å². The number of hydrogen-bond donors (Lipinski definition) is 0.